The first-order valence-corrected chi connectivity index (χ1v) is 16.7. The van der Waals surface area contributed by atoms with Crippen LogP contribution in [-0.4, -0.2) is 24.2 Å². The van der Waals surface area contributed by atoms with Gasteiger partial charge < -0.3 is 9.47 Å². The van der Waals surface area contributed by atoms with Crippen LogP contribution in [0.1, 0.15) is 39.4 Å². The first-order chi connectivity index (χ1) is 22.4. The maximum Gasteiger partial charge on any atom is 0.416 e. The Morgan fingerprint density at radius 3 is 2.26 bits per heavy atom. The van der Waals surface area contributed by atoms with Crippen LogP contribution in [0.5, 0.6) is 5.75 Å². The average Bonchev–Trinajstić information content (AvgIpc) is 3.43. The lowest BCUT2D eigenvalue weighted by Crippen LogP contribution is -2.14. The number of rotatable bonds is 11. The van der Waals surface area contributed by atoms with Gasteiger partial charge >= 0.3 is 12.1 Å². The van der Waals surface area contributed by atoms with E-state index in [1.165, 1.54) is 29.5 Å². The highest BCUT2D eigenvalue weighted by Gasteiger charge is 2.30. The Labute approximate surface area is 283 Å². The van der Waals surface area contributed by atoms with Gasteiger partial charge in [0.05, 0.1) is 22.9 Å². The number of aromatic nitrogens is 1. The van der Waals surface area contributed by atoms with E-state index in [0.717, 1.165) is 49.9 Å². The van der Waals surface area contributed by atoms with Gasteiger partial charge in [0.2, 0.25) is 0 Å². The van der Waals surface area contributed by atoms with Crippen LogP contribution in [-0.2, 0) is 22.1 Å². The molecule has 0 aliphatic rings. The molecule has 4 nitrogen and oxygen atoms in total. The van der Waals surface area contributed by atoms with Gasteiger partial charge in [-0.25, -0.2) is 14.2 Å². The number of nitrogens with zero attached hydrogens (tertiary/aromatic N) is 1. The maximum atomic E-state index is 13.7. The third-order valence-corrected chi connectivity index (χ3v) is 10.3. The van der Waals surface area contributed by atoms with Crippen LogP contribution < -0.4 is 4.74 Å². The van der Waals surface area contributed by atoms with Crippen molar-refractivity contribution in [2.24, 2.45) is 0 Å². The minimum atomic E-state index is -4.42. The molecule has 0 fully saturated rings. The fraction of sp³-hybridized carbons (Fsp3) is 0.222. The van der Waals surface area contributed by atoms with Crippen LogP contribution in [0.15, 0.2) is 89.8 Å². The summed E-state index contributed by atoms with van der Waals surface area (Å²) in [6, 6.07) is 23.4. The zero-order valence-electron chi connectivity index (χ0n) is 25.7. The lowest BCUT2D eigenvalue weighted by molar-refractivity contribution is -0.145. The van der Waals surface area contributed by atoms with Gasteiger partial charge in [0.25, 0.3) is 0 Å². The molecule has 0 spiro atoms. The number of benzene rings is 4. The summed E-state index contributed by atoms with van der Waals surface area (Å²) in [5, 5.41) is 0.604. The molecule has 47 heavy (non-hydrogen) atoms. The van der Waals surface area contributed by atoms with E-state index in [0.29, 0.717) is 22.7 Å². The van der Waals surface area contributed by atoms with Crippen molar-refractivity contribution in [3.05, 3.63) is 123 Å². The van der Waals surface area contributed by atoms with Crippen molar-refractivity contribution < 1.29 is 31.8 Å². The Morgan fingerprint density at radius 1 is 0.936 bits per heavy atom. The SMILES string of the molecule is CCOC(=O)COc1ccc(SC(Cc2ccc(-c3ccc(F)c(Cl)c3)cc2)c2sc(-c3ccc(C(F)(F)F)cc3)nc2C)cc1C. The number of hydrogen-bond acceptors (Lipinski definition) is 6. The summed E-state index contributed by atoms with van der Waals surface area (Å²) in [4.78, 5) is 18.5. The number of carbonyl (C=O) groups excluding carboxylic acids is 1. The smallest absolute Gasteiger partial charge is 0.416 e. The zero-order chi connectivity index (χ0) is 33.7. The molecule has 0 saturated carbocycles. The van der Waals surface area contributed by atoms with Gasteiger partial charge in [-0.1, -0.05) is 54.1 Å². The molecule has 0 radical (unpaired) electrons. The van der Waals surface area contributed by atoms with E-state index in [2.05, 4.69) is 0 Å². The standard InChI is InChI=1S/C36H30ClF4NO3S2/c1-4-44-33(43)20-45-31-16-14-28(17-21(31)2)46-32(18-23-5-7-24(8-6-23)26-11-15-30(38)29(37)19-26)34-22(3)42-35(47-34)25-9-12-27(13-10-25)36(39,40)41/h5-17,19,32H,4,18,20H2,1-3H3. The van der Waals surface area contributed by atoms with E-state index >= 15 is 0 Å². The Balaban J connectivity index is 1.43. The summed E-state index contributed by atoms with van der Waals surface area (Å²) in [7, 11) is 0. The van der Waals surface area contributed by atoms with Gasteiger partial charge in [-0.3, -0.25) is 0 Å². The van der Waals surface area contributed by atoms with E-state index in [-0.39, 0.29) is 23.5 Å². The summed E-state index contributed by atoms with van der Waals surface area (Å²) in [6.07, 6.45) is -3.79. The number of thiazole rings is 1. The number of thioether (sulfide) groups is 1. The quantitative estimate of drug-likeness (QED) is 0.0780. The van der Waals surface area contributed by atoms with E-state index < -0.39 is 23.5 Å². The number of halogens is 5. The number of aryl methyl sites for hydroxylation is 2. The van der Waals surface area contributed by atoms with Crippen LogP contribution in [0.3, 0.4) is 0 Å². The monoisotopic (exact) mass is 699 g/mol. The number of carbonyl (C=O) groups is 1. The average molecular weight is 700 g/mol. The minimum Gasteiger partial charge on any atom is -0.482 e. The van der Waals surface area contributed by atoms with Crippen molar-refractivity contribution in [2.75, 3.05) is 13.2 Å². The third kappa shape index (κ3) is 8.74. The van der Waals surface area contributed by atoms with Gasteiger partial charge in [-0.15, -0.1) is 23.1 Å². The summed E-state index contributed by atoms with van der Waals surface area (Å²) >= 11 is 9.10. The summed E-state index contributed by atoms with van der Waals surface area (Å²) in [5.41, 5.74) is 4.30. The molecule has 244 valence electrons. The molecule has 1 atom stereocenters. The Hall–Kier alpha value is -3.86. The topological polar surface area (TPSA) is 48.4 Å². The Kier molecular flexibility index (Phi) is 10.9. The summed E-state index contributed by atoms with van der Waals surface area (Å²) in [6.45, 7) is 5.64. The zero-order valence-corrected chi connectivity index (χ0v) is 28.0. The largest absolute Gasteiger partial charge is 0.482 e. The van der Waals surface area contributed by atoms with Crippen LogP contribution >= 0.6 is 34.7 Å². The molecule has 0 saturated heterocycles. The van der Waals surface area contributed by atoms with Gasteiger partial charge in [0.15, 0.2) is 6.61 Å². The molecular weight excluding hydrogens is 670 g/mol. The second-order valence-electron chi connectivity index (χ2n) is 10.7. The fourth-order valence-corrected chi connectivity index (χ4v) is 7.70. The van der Waals surface area contributed by atoms with E-state index in [1.54, 1.807) is 30.8 Å². The maximum absolute atomic E-state index is 13.7. The molecule has 1 unspecified atom stereocenters. The summed E-state index contributed by atoms with van der Waals surface area (Å²) < 4.78 is 63.8. The Morgan fingerprint density at radius 2 is 1.62 bits per heavy atom. The molecule has 4 aromatic carbocycles. The van der Waals surface area contributed by atoms with Crippen molar-refractivity contribution in [3.8, 4) is 27.4 Å². The predicted octanol–water partition coefficient (Wildman–Crippen LogP) is 10.9. The van der Waals surface area contributed by atoms with Crippen molar-refractivity contribution in [2.45, 2.75) is 43.5 Å². The van der Waals surface area contributed by atoms with E-state index in [9.17, 15) is 22.4 Å². The highest BCUT2D eigenvalue weighted by molar-refractivity contribution is 7.99. The molecular formula is C36H30ClF4NO3S2. The normalized spacial score (nSPS) is 12.2. The number of ether oxygens (including phenoxy) is 2. The van der Waals surface area contributed by atoms with Crippen LogP contribution in [0.25, 0.3) is 21.7 Å². The fourth-order valence-electron chi connectivity index (χ4n) is 4.90. The van der Waals surface area contributed by atoms with Crippen LogP contribution in [0, 0.1) is 19.7 Å². The molecule has 0 amide bonds. The summed E-state index contributed by atoms with van der Waals surface area (Å²) in [5.74, 6) is -0.339. The molecule has 11 heteroatoms. The second-order valence-corrected chi connectivity index (χ2v) is 13.4. The van der Waals surface area contributed by atoms with Crippen molar-refractivity contribution in [3.63, 3.8) is 0 Å². The third-order valence-electron chi connectivity index (χ3n) is 7.29. The lowest BCUT2D eigenvalue weighted by Gasteiger charge is -2.18. The van der Waals surface area contributed by atoms with Crippen LogP contribution in [0.4, 0.5) is 17.6 Å². The first-order valence-electron chi connectivity index (χ1n) is 14.7. The molecule has 1 aromatic heterocycles. The van der Waals surface area contributed by atoms with Gasteiger partial charge in [0, 0.05) is 20.6 Å². The van der Waals surface area contributed by atoms with E-state index in [4.69, 9.17) is 26.1 Å². The Bertz CT molecular complexity index is 1860. The predicted molar refractivity (Wildman–Crippen MR) is 180 cm³/mol. The van der Waals surface area contributed by atoms with Crippen molar-refractivity contribution >= 4 is 40.7 Å². The van der Waals surface area contributed by atoms with Gasteiger partial charge in [-0.2, -0.15) is 13.2 Å². The van der Waals surface area contributed by atoms with Gasteiger partial charge in [-0.05, 0) is 91.9 Å². The highest BCUT2D eigenvalue weighted by atomic mass is 35.5. The molecule has 0 aliphatic carbocycles. The number of esters is 1. The first kappa shape index (κ1) is 34.5. The molecule has 0 bridgehead atoms. The highest BCUT2D eigenvalue weighted by Crippen LogP contribution is 2.44. The molecule has 5 rings (SSSR count). The van der Waals surface area contributed by atoms with Crippen LogP contribution in [0.2, 0.25) is 5.02 Å². The van der Waals surface area contributed by atoms with Crippen molar-refractivity contribution in [1.82, 2.24) is 4.98 Å². The second kappa shape index (κ2) is 14.9. The van der Waals surface area contributed by atoms with Gasteiger partial charge in [0.1, 0.15) is 16.6 Å². The molecule has 1 heterocycles. The van der Waals surface area contributed by atoms with Crippen molar-refractivity contribution in [1.29, 1.82) is 0 Å². The molecule has 5 aromatic rings. The van der Waals surface area contributed by atoms with E-state index in [1.807, 2.05) is 56.3 Å². The molecule has 0 N–H and O–H groups in total. The molecule has 0 aliphatic heterocycles. The number of alkyl halides is 3. The lowest BCUT2D eigenvalue weighted by atomic mass is 10.0. The minimum absolute atomic E-state index is 0.0557. The number of hydrogen-bond donors (Lipinski definition) is 0.